The number of pyridine rings is 1. The summed E-state index contributed by atoms with van der Waals surface area (Å²) in [4.78, 5) is 46.3. The number of ether oxygens (including phenoxy) is 2. The second kappa shape index (κ2) is 20.6. The molecule has 2 aromatic heterocycles. The van der Waals surface area contributed by atoms with Gasteiger partial charge in [-0.05, 0) is 96.9 Å². The number of hydrogen-bond donors (Lipinski definition) is 5. The quantitative estimate of drug-likeness (QED) is 0.0419. The Morgan fingerprint density at radius 2 is 1.63 bits per heavy atom. The number of H-pyrrole nitrogens is 1. The highest BCUT2D eigenvalue weighted by atomic mass is 32.1. The van der Waals surface area contributed by atoms with Crippen LogP contribution in [0.15, 0.2) is 144 Å². The Labute approximate surface area is 381 Å². The van der Waals surface area contributed by atoms with Crippen molar-refractivity contribution in [2.75, 3.05) is 33.4 Å². The smallest absolute Gasteiger partial charge is 0.347 e. The maximum Gasteiger partial charge on any atom is 0.347 e. The maximum absolute atomic E-state index is 14.0. The Balaban J connectivity index is 0.871. The Morgan fingerprint density at radius 3 is 2.40 bits per heavy atom. The molecule has 7 aromatic rings. The first-order chi connectivity index (χ1) is 31.6. The van der Waals surface area contributed by atoms with Gasteiger partial charge in [0.05, 0.1) is 25.3 Å². The molecule has 0 unspecified atom stereocenters. The van der Waals surface area contributed by atoms with E-state index in [1.165, 1.54) is 17.7 Å². The number of ketones is 1. The summed E-state index contributed by atoms with van der Waals surface area (Å²) >= 11 is 1.56. The molecule has 65 heavy (non-hydrogen) atoms. The topological polar surface area (TPSA) is 161 Å². The molecule has 334 valence electrons. The minimum atomic E-state index is -2.02. The fraction of sp³-hybridized carbons (Fsp3) is 0.264. The fourth-order valence-corrected chi connectivity index (χ4v) is 9.55. The van der Waals surface area contributed by atoms with Crippen LogP contribution in [-0.2, 0) is 34.6 Å². The fourth-order valence-electron chi connectivity index (χ4n) is 8.55. The number of aliphatic hydroxyl groups excluding tert-OH is 1. The van der Waals surface area contributed by atoms with Gasteiger partial charge in [0.25, 0.3) is 0 Å². The summed E-state index contributed by atoms with van der Waals surface area (Å²) in [6.45, 7) is 3.53. The number of aromatic amines is 1. The Bertz CT molecular complexity index is 2800. The zero-order valence-corrected chi connectivity index (χ0v) is 37.1. The van der Waals surface area contributed by atoms with Gasteiger partial charge in [-0.3, -0.25) is 14.5 Å². The summed E-state index contributed by atoms with van der Waals surface area (Å²) in [5.41, 5.74) is 2.78. The number of phenols is 1. The number of nitrogens with one attached hydrogen (secondary N) is 2. The van der Waals surface area contributed by atoms with Crippen molar-refractivity contribution in [1.82, 2.24) is 15.2 Å². The number of piperidine rings is 1. The van der Waals surface area contributed by atoms with Crippen LogP contribution in [0.3, 0.4) is 0 Å². The average Bonchev–Trinajstić information content (AvgIpc) is 3.83. The van der Waals surface area contributed by atoms with E-state index in [2.05, 4.69) is 39.5 Å². The van der Waals surface area contributed by atoms with Crippen molar-refractivity contribution in [2.24, 2.45) is 5.92 Å². The van der Waals surface area contributed by atoms with Crippen LogP contribution in [-0.4, -0.2) is 70.3 Å². The third-order valence-electron chi connectivity index (χ3n) is 12.2. The molecule has 0 bridgehead atoms. The zero-order valence-electron chi connectivity index (χ0n) is 36.2. The lowest BCUT2D eigenvalue weighted by molar-refractivity contribution is -0.164. The molecule has 0 amide bonds. The van der Waals surface area contributed by atoms with Crippen LogP contribution in [0.1, 0.15) is 68.4 Å². The van der Waals surface area contributed by atoms with Crippen molar-refractivity contribution in [3.8, 4) is 21.9 Å². The molecule has 2 atom stereocenters. The van der Waals surface area contributed by atoms with E-state index in [1.807, 2.05) is 48.5 Å². The molecule has 11 nitrogen and oxygen atoms in total. The number of rotatable bonds is 18. The van der Waals surface area contributed by atoms with Crippen LogP contribution in [0.2, 0.25) is 0 Å². The second-order valence-corrected chi connectivity index (χ2v) is 17.8. The molecule has 12 heteroatoms. The van der Waals surface area contributed by atoms with Gasteiger partial charge in [0.1, 0.15) is 11.5 Å². The van der Waals surface area contributed by atoms with Crippen LogP contribution in [0.4, 0.5) is 0 Å². The molecule has 1 aliphatic heterocycles. The number of likely N-dealkylation sites (tertiary alicyclic amines) is 1. The number of aromatic hydroxyl groups is 1. The van der Waals surface area contributed by atoms with E-state index in [1.54, 1.807) is 73.0 Å². The number of carbonyl (C=O) groups excluding carboxylic acids is 2. The second-order valence-electron chi connectivity index (χ2n) is 16.6. The number of aromatic nitrogens is 1. The zero-order chi connectivity index (χ0) is 45.3. The Morgan fingerprint density at radius 1 is 0.877 bits per heavy atom. The molecule has 0 radical (unpaired) electrons. The lowest BCUT2D eigenvalue weighted by atomic mass is 9.85. The van der Waals surface area contributed by atoms with Crippen molar-refractivity contribution in [3.63, 3.8) is 0 Å². The molecule has 0 aliphatic carbocycles. The molecular formula is C53H53N3O8S. The van der Waals surface area contributed by atoms with E-state index >= 15 is 0 Å². The van der Waals surface area contributed by atoms with Gasteiger partial charge in [0.2, 0.25) is 11.2 Å². The first-order valence-corrected chi connectivity index (χ1v) is 22.8. The molecule has 5 N–H and O–H groups in total. The third kappa shape index (κ3) is 10.6. The SMILES string of the molecule is COc1cc(C(=O)CCc2ccc(-c3cccc([C@](O)(C(=O)OCC4CCN(Cc5ccccc5)CC4)c4ccccc4)c3)s2)ccc1CNC[C@H](O)c1ccc(O)c2[nH]c(=O)ccc12. The average molecular weight is 892 g/mol. The number of carbonyl (C=O) groups is 2. The van der Waals surface area contributed by atoms with Gasteiger partial charge in [0, 0.05) is 64.0 Å². The van der Waals surface area contributed by atoms with Crippen molar-refractivity contribution in [1.29, 1.82) is 0 Å². The number of aryl methyl sites for hydroxylation is 1. The lowest BCUT2D eigenvalue weighted by Crippen LogP contribution is -2.40. The van der Waals surface area contributed by atoms with E-state index in [0.717, 1.165) is 53.4 Å². The number of thiophene rings is 1. The minimum Gasteiger partial charge on any atom is -0.506 e. The molecule has 0 spiro atoms. The third-order valence-corrected chi connectivity index (χ3v) is 13.4. The number of esters is 1. The van der Waals surface area contributed by atoms with Crippen LogP contribution in [0.5, 0.6) is 11.5 Å². The predicted molar refractivity (Wildman–Crippen MR) is 253 cm³/mol. The molecule has 3 heterocycles. The number of phenolic OH excluding ortho intramolecular Hbond substituents is 1. The summed E-state index contributed by atoms with van der Waals surface area (Å²) in [7, 11) is 1.55. The number of methoxy groups -OCH3 is 1. The molecule has 5 aromatic carbocycles. The van der Waals surface area contributed by atoms with E-state index in [0.29, 0.717) is 46.4 Å². The molecule has 1 aliphatic rings. The summed E-state index contributed by atoms with van der Waals surface area (Å²) in [6.07, 6.45) is 1.70. The van der Waals surface area contributed by atoms with E-state index in [4.69, 9.17) is 9.47 Å². The number of fused-ring (bicyclic) bond motifs is 1. The highest BCUT2D eigenvalue weighted by molar-refractivity contribution is 7.15. The first-order valence-electron chi connectivity index (χ1n) is 21.9. The van der Waals surface area contributed by atoms with Crippen molar-refractivity contribution >= 4 is 34.0 Å². The Kier molecular flexibility index (Phi) is 14.3. The van der Waals surface area contributed by atoms with Crippen molar-refractivity contribution in [3.05, 3.63) is 188 Å². The van der Waals surface area contributed by atoms with E-state index in [-0.39, 0.29) is 48.1 Å². The van der Waals surface area contributed by atoms with Crippen molar-refractivity contribution < 1.29 is 34.4 Å². The van der Waals surface area contributed by atoms with Gasteiger partial charge < -0.3 is 35.1 Å². The maximum atomic E-state index is 14.0. The largest absolute Gasteiger partial charge is 0.506 e. The monoisotopic (exact) mass is 891 g/mol. The molecule has 1 fully saturated rings. The summed E-state index contributed by atoms with van der Waals surface area (Å²) in [5, 5.41) is 37.3. The van der Waals surface area contributed by atoms with Crippen LogP contribution in [0, 0.1) is 5.92 Å². The first kappa shape index (κ1) is 45.2. The number of Topliss-reactive ketones (excluding diaryl/α,β-unsaturated/α-hetero) is 1. The van der Waals surface area contributed by atoms with Gasteiger partial charge in [0.15, 0.2) is 5.78 Å². The highest BCUT2D eigenvalue weighted by Gasteiger charge is 2.42. The molecule has 1 saturated heterocycles. The van der Waals surface area contributed by atoms with Gasteiger partial charge in [-0.2, -0.15) is 0 Å². The standard InChI is InChI=1S/C53H53N3O8S/c1-63-48-30-37(15-16-39(48)31-54-32-47(59)43-19-22-46(58)51-44(43)20-24-50(60)55-51)45(57)21-17-42-18-23-49(65-42)38-11-8-14-41(29-38)53(62,40-12-6-3-7-13-40)52(61)64-34-36-25-27-56(28-26-36)33-35-9-4-2-5-10-35/h2-16,18-20,22-24,29-30,36,47,54,58-59,62H,17,21,25-28,31-34H2,1H3,(H,55,60)/t47-,53-/m0/s1. The number of hydrogen-bond acceptors (Lipinski definition) is 11. The van der Waals surface area contributed by atoms with E-state index in [9.17, 15) is 29.7 Å². The minimum absolute atomic E-state index is 0.0309. The number of aliphatic hydroxyl groups is 2. The van der Waals surface area contributed by atoms with Gasteiger partial charge in [-0.1, -0.05) is 97.1 Å². The molecular weight excluding hydrogens is 839 g/mol. The Hall–Kier alpha value is -6.41. The number of nitrogens with zero attached hydrogens (tertiary/aromatic N) is 1. The van der Waals surface area contributed by atoms with Gasteiger partial charge >= 0.3 is 5.97 Å². The summed E-state index contributed by atoms with van der Waals surface area (Å²) in [5.74, 6) is -0.0483. The van der Waals surface area contributed by atoms with Crippen LogP contribution in [0.25, 0.3) is 21.3 Å². The van der Waals surface area contributed by atoms with Gasteiger partial charge in [-0.25, -0.2) is 4.79 Å². The predicted octanol–water partition coefficient (Wildman–Crippen LogP) is 8.30. The van der Waals surface area contributed by atoms with Crippen LogP contribution < -0.4 is 15.6 Å². The summed E-state index contributed by atoms with van der Waals surface area (Å²) in [6, 6.07) is 42.1. The molecule has 8 rings (SSSR count). The normalized spacial score (nSPS) is 14.8. The van der Waals surface area contributed by atoms with Crippen LogP contribution >= 0.6 is 11.3 Å². The molecule has 0 saturated carbocycles. The lowest BCUT2D eigenvalue weighted by Gasteiger charge is -2.33. The number of benzene rings is 5. The van der Waals surface area contributed by atoms with Gasteiger partial charge in [-0.15, -0.1) is 11.3 Å². The highest BCUT2D eigenvalue weighted by Crippen LogP contribution is 2.37. The van der Waals surface area contributed by atoms with E-state index < -0.39 is 17.7 Å². The summed E-state index contributed by atoms with van der Waals surface area (Å²) < 4.78 is 11.6. The van der Waals surface area contributed by atoms with Crippen molar-refractivity contribution in [2.45, 2.75) is 50.5 Å².